The van der Waals surface area contributed by atoms with Gasteiger partial charge in [0.2, 0.25) is 0 Å². The van der Waals surface area contributed by atoms with E-state index in [1.807, 2.05) is 6.92 Å². The molecule has 0 amide bonds. The van der Waals surface area contributed by atoms with Gasteiger partial charge in [-0.1, -0.05) is 34.3 Å². The highest BCUT2D eigenvalue weighted by Gasteiger charge is 2.00. The molecule has 0 fully saturated rings. The van der Waals surface area contributed by atoms with Gasteiger partial charge in [0.05, 0.1) is 0 Å². The fraction of sp³-hybridized carbons (Fsp3) is 0.700. The van der Waals surface area contributed by atoms with Gasteiger partial charge in [0, 0.05) is 11.4 Å². The topological polar surface area (TPSA) is 24.4 Å². The van der Waals surface area contributed by atoms with E-state index >= 15 is 0 Å². The molecule has 0 bridgehead atoms. The normalized spacial score (nSPS) is 12.4. The molecular weight excluding hydrogens is 148 g/mol. The number of hydrogen-bond acceptors (Lipinski definition) is 2. The van der Waals surface area contributed by atoms with Gasteiger partial charge in [0.1, 0.15) is 0 Å². The van der Waals surface area contributed by atoms with Crippen molar-refractivity contribution in [3.63, 3.8) is 0 Å². The lowest BCUT2D eigenvalue weighted by molar-refractivity contribution is 0.672. The molecule has 0 radical (unpaired) electrons. The first kappa shape index (κ1) is 11.2. The lowest BCUT2D eigenvalue weighted by Crippen LogP contribution is -2.14. The molecule has 12 heavy (non-hydrogen) atoms. The van der Waals surface area contributed by atoms with Crippen LogP contribution in [-0.2, 0) is 0 Å². The Hall–Kier alpha value is -0.790. The fourth-order valence-corrected chi connectivity index (χ4v) is 0.418. The van der Waals surface area contributed by atoms with Gasteiger partial charge in [-0.15, -0.1) is 0 Å². The van der Waals surface area contributed by atoms with E-state index in [2.05, 4.69) is 44.8 Å². The van der Waals surface area contributed by atoms with Crippen molar-refractivity contribution >= 4 is 5.71 Å². The summed E-state index contributed by atoms with van der Waals surface area (Å²) >= 11 is 0. The number of allylic oxidation sites excluding steroid dienone is 1. The molecule has 0 aromatic rings. The van der Waals surface area contributed by atoms with Crippen molar-refractivity contribution < 1.29 is 0 Å². The Labute approximate surface area is 75.7 Å². The van der Waals surface area contributed by atoms with Crippen LogP contribution >= 0.6 is 0 Å². The Morgan fingerprint density at radius 3 is 2.00 bits per heavy atom. The summed E-state index contributed by atoms with van der Waals surface area (Å²) in [5.74, 6) is 0.936. The molecule has 0 aliphatic heterocycles. The van der Waals surface area contributed by atoms with Gasteiger partial charge in [0.15, 0.2) is 0 Å². The van der Waals surface area contributed by atoms with Crippen LogP contribution in [-0.4, -0.2) is 5.71 Å². The summed E-state index contributed by atoms with van der Waals surface area (Å²) in [5.41, 5.74) is 5.03. The lowest BCUT2D eigenvalue weighted by Gasteiger charge is -2.10. The van der Waals surface area contributed by atoms with Crippen molar-refractivity contribution in [3.8, 4) is 0 Å². The molecule has 2 heteroatoms. The van der Waals surface area contributed by atoms with Gasteiger partial charge in [-0.25, -0.2) is 0 Å². The second-order valence-electron chi connectivity index (χ2n) is 3.70. The highest BCUT2D eigenvalue weighted by molar-refractivity contribution is 5.83. The summed E-state index contributed by atoms with van der Waals surface area (Å²) in [4.78, 5) is 0. The van der Waals surface area contributed by atoms with Crippen molar-refractivity contribution in [2.24, 2.45) is 16.9 Å². The molecule has 0 saturated carbocycles. The Morgan fingerprint density at radius 1 is 1.17 bits per heavy atom. The summed E-state index contributed by atoms with van der Waals surface area (Å²) in [6.45, 7) is 14.3. The number of hydrazone groups is 1. The summed E-state index contributed by atoms with van der Waals surface area (Å²) < 4.78 is 0. The van der Waals surface area contributed by atoms with Crippen LogP contribution < -0.4 is 5.43 Å². The third-order valence-corrected chi connectivity index (χ3v) is 1.91. The Balaban J connectivity index is 3.96. The molecule has 0 heterocycles. The molecule has 0 aromatic heterocycles. The molecule has 0 aliphatic rings. The van der Waals surface area contributed by atoms with Crippen molar-refractivity contribution in [1.82, 2.24) is 5.43 Å². The fourth-order valence-electron chi connectivity index (χ4n) is 0.418. The monoisotopic (exact) mass is 168 g/mol. The lowest BCUT2D eigenvalue weighted by atomic mass is 10.1. The van der Waals surface area contributed by atoms with Crippen LogP contribution in [0.15, 0.2) is 17.4 Å². The van der Waals surface area contributed by atoms with E-state index in [0.29, 0.717) is 11.8 Å². The Bertz CT molecular complexity index is 178. The van der Waals surface area contributed by atoms with Crippen LogP contribution in [0.1, 0.15) is 34.6 Å². The minimum absolute atomic E-state index is 0.439. The maximum atomic E-state index is 4.21. The first-order chi connectivity index (χ1) is 5.45. The largest absolute Gasteiger partial charge is 0.283 e. The van der Waals surface area contributed by atoms with Crippen molar-refractivity contribution in [2.45, 2.75) is 34.6 Å². The first-order valence-corrected chi connectivity index (χ1v) is 4.44. The second-order valence-corrected chi connectivity index (χ2v) is 3.70. The van der Waals surface area contributed by atoms with Gasteiger partial charge < -0.3 is 0 Å². The quantitative estimate of drug-likeness (QED) is 0.506. The smallest absolute Gasteiger partial charge is 0.0376 e. The Kier molecular flexibility index (Phi) is 4.64. The highest BCUT2D eigenvalue weighted by Crippen LogP contribution is 2.02. The maximum absolute atomic E-state index is 4.21. The molecule has 1 N–H and O–H groups in total. The SMILES string of the molecule is C=C(N/N=C(\C)C(C)C)C(C)C. The van der Waals surface area contributed by atoms with Gasteiger partial charge in [-0.05, 0) is 18.8 Å². The molecule has 0 atom stereocenters. The zero-order chi connectivity index (χ0) is 9.72. The molecule has 2 nitrogen and oxygen atoms in total. The van der Waals surface area contributed by atoms with Crippen LogP contribution in [0.3, 0.4) is 0 Å². The van der Waals surface area contributed by atoms with Crippen molar-refractivity contribution in [1.29, 1.82) is 0 Å². The highest BCUT2D eigenvalue weighted by atomic mass is 15.3. The Morgan fingerprint density at radius 2 is 1.67 bits per heavy atom. The average Bonchev–Trinajstić information content (AvgIpc) is 1.98. The summed E-state index contributed by atoms with van der Waals surface area (Å²) in [5, 5.41) is 4.21. The number of nitrogens with zero attached hydrogens (tertiary/aromatic N) is 1. The van der Waals surface area contributed by atoms with Crippen LogP contribution in [0.2, 0.25) is 0 Å². The third kappa shape index (κ3) is 4.16. The van der Waals surface area contributed by atoms with Crippen molar-refractivity contribution in [3.05, 3.63) is 12.3 Å². The van der Waals surface area contributed by atoms with E-state index in [1.165, 1.54) is 0 Å². The molecule has 0 spiro atoms. The van der Waals surface area contributed by atoms with Crippen LogP contribution in [0, 0.1) is 11.8 Å². The van der Waals surface area contributed by atoms with Gasteiger partial charge in [0.25, 0.3) is 0 Å². The van der Waals surface area contributed by atoms with Gasteiger partial charge in [-0.3, -0.25) is 5.43 Å². The summed E-state index contributed by atoms with van der Waals surface area (Å²) in [7, 11) is 0. The van der Waals surface area contributed by atoms with Crippen LogP contribution in [0.4, 0.5) is 0 Å². The molecule has 0 aromatic carbocycles. The minimum Gasteiger partial charge on any atom is -0.283 e. The van der Waals surface area contributed by atoms with E-state index in [-0.39, 0.29) is 0 Å². The number of hydrogen-bond donors (Lipinski definition) is 1. The molecule has 0 unspecified atom stereocenters. The standard InChI is InChI=1S/C10H20N2/c1-7(2)9(5)11-12-10(6)8(3)4/h7-8,11H,5H2,1-4,6H3/b12-10+. The van der Waals surface area contributed by atoms with Gasteiger partial charge in [-0.2, -0.15) is 5.10 Å². The van der Waals surface area contributed by atoms with Gasteiger partial charge >= 0.3 is 0 Å². The van der Waals surface area contributed by atoms with E-state index in [0.717, 1.165) is 11.4 Å². The number of nitrogens with one attached hydrogen (secondary N) is 1. The van der Waals surface area contributed by atoms with Crippen molar-refractivity contribution in [2.75, 3.05) is 0 Å². The van der Waals surface area contributed by atoms with E-state index in [9.17, 15) is 0 Å². The zero-order valence-corrected chi connectivity index (χ0v) is 8.81. The van der Waals surface area contributed by atoms with E-state index < -0.39 is 0 Å². The molecule has 0 aliphatic carbocycles. The predicted octanol–water partition coefficient (Wildman–Crippen LogP) is 2.78. The summed E-state index contributed by atoms with van der Waals surface area (Å²) in [6, 6.07) is 0. The van der Waals surface area contributed by atoms with E-state index in [1.54, 1.807) is 0 Å². The van der Waals surface area contributed by atoms with Crippen LogP contribution in [0.5, 0.6) is 0 Å². The first-order valence-electron chi connectivity index (χ1n) is 4.44. The summed E-state index contributed by atoms with van der Waals surface area (Å²) in [6.07, 6.45) is 0. The van der Waals surface area contributed by atoms with E-state index in [4.69, 9.17) is 0 Å². The maximum Gasteiger partial charge on any atom is 0.0376 e. The molecule has 70 valence electrons. The average molecular weight is 168 g/mol. The van der Waals surface area contributed by atoms with Crippen LogP contribution in [0.25, 0.3) is 0 Å². The minimum atomic E-state index is 0.439. The second kappa shape index (κ2) is 4.96. The third-order valence-electron chi connectivity index (χ3n) is 1.91. The molecule has 0 saturated heterocycles. The molecule has 0 rings (SSSR count). The number of rotatable bonds is 4. The predicted molar refractivity (Wildman–Crippen MR) is 55.1 cm³/mol. The zero-order valence-electron chi connectivity index (χ0n) is 8.81. The molecular formula is C10H20N2.